The first-order valence-corrected chi connectivity index (χ1v) is 8.04. The maximum Gasteiger partial charge on any atom is 0.125 e. The Bertz CT molecular complexity index is 544. The summed E-state index contributed by atoms with van der Waals surface area (Å²) in [4.78, 5) is 1.18. The van der Waals surface area contributed by atoms with Gasteiger partial charge < -0.3 is 10.1 Å². The van der Waals surface area contributed by atoms with Crippen molar-refractivity contribution in [2.24, 2.45) is 0 Å². The van der Waals surface area contributed by atoms with E-state index in [1.54, 1.807) is 11.3 Å². The van der Waals surface area contributed by atoms with E-state index in [9.17, 15) is 0 Å². The van der Waals surface area contributed by atoms with Crippen LogP contribution in [0.25, 0.3) is 0 Å². The van der Waals surface area contributed by atoms with Crippen LogP contribution in [0.1, 0.15) is 17.4 Å². The summed E-state index contributed by atoms with van der Waals surface area (Å²) in [5, 5.41) is 4.02. The zero-order valence-electron chi connectivity index (χ0n) is 10.6. The lowest BCUT2D eigenvalue weighted by atomic mass is 10.2. The molecule has 2 rings (SSSR count). The van der Waals surface area contributed by atoms with Crippen molar-refractivity contribution in [3.63, 3.8) is 0 Å². The van der Waals surface area contributed by atoms with E-state index in [0.29, 0.717) is 6.61 Å². The number of thiophene rings is 1. The first-order chi connectivity index (χ1) is 9.20. The van der Waals surface area contributed by atoms with Crippen LogP contribution < -0.4 is 10.1 Å². The molecule has 0 unspecified atom stereocenters. The van der Waals surface area contributed by atoms with Crippen molar-refractivity contribution in [2.45, 2.75) is 20.1 Å². The Hall–Kier alpha value is -0.550. The fourth-order valence-electron chi connectivity index (χ4n) is 1.67. The van der Waals surface area contributed by atoms with E-state index in [-0.39, 0.29) is 0 Å². The average Bonchev–Trinajstić information content (AvgIpc) is 2.81. The predicted octanol–water partition coefficient (Wildman–Crippen LogP) is 4.85. The number of benzene rings is 1. The molecule has 5 heteroatoms. The van der Waals surface area contributed by atoms with Gasteiger partial charge in [-0.2, -0.15) is 0 Å². The van der Waals surface area contributed by atoms with E-state index in [1.807, 2.05) is 24.3 Å². The van der Waals surface area contributed by atoms with Crippen LogP contribution >= 0.6 is 38.9 Å². The topological polar surface area (TPSA) is 21.3 Å². The number of halogens is 2. The molecule has 1 heterocycles. The summed E-state index contributed by atoms with van der Waals surface area (Å²) in [5.41, 5.74) is 1.02. The SMILES string of the molecule is CCNCc1c(Cl)cccc1OCc1ccc(Br)s1. The lowest BCUT2D eigenvalue weighted by molar-refractivity contribution is 0.306. The third-order valence-electron chi connectivity index (χ3n) is 2.63. The average molecular weight is 361 g/mol. The van der Waals surface area contributed by atoms with Gasteiger partial charge in [0.1, 0.15) is 12.4 Å². The second-order valence-electron chi connectivity index (χ2n) is 3.99. The summed E-state index contributed by atoms with van der Waals surface area (Å²) in [7, 11) is 0. The summed E-state index contributed by atoms with van der Waals surface area (Å²) >= 11 is 11.4. The molecule has 0 saturated heterocycles. The van der Waals surface area contributed by atoms with Crippen LogP contribution in [0.15, 0.2) is 34.1 Å². The first-order valence-electron chi connectivity index (χ1n) is 6.06. The molecule has 0 atom stereocenters. The van der Waals surface area contributed by atoms with Gasteiger partial charge in [0.2, 0.25) is 0 Å². The lowest BCUT2D eigenvalue weighted by Gasteiger charge is -2.12. The normalized spacial score (nSPS) is 10.7. The molecule has 19 heavy (non-hydrogen) atoms. The summed E-state index contributed by atoms with van der Waals surface area (Å²) < 4.78 is 7.00. The van der Waals surface area contributed by atoms with Crippen LogP contribution in [0, 0.1) is 0 Å². The van der Waals surface area contributed by atoms with Crippen molar-refractivity contribution in [1.29, 1.82) is 0 Å². The quantitative estimate of drug-likeness (QED) is 0.795. The molecule has 0 aliphatic carbocycles. The molecule has 0 aliphatic rings. The van der Waals surface area contributed by atoms with E-state index >= 15 is 0 Å². The molecule has 2 aromatic rings. The van der Waals surface area contributed by atoms with Gasteiger partial charge in [-0.05, 0) is 46.7 Å². The molecule has 0 fully saturated rings. The second kappa shape index (κ2) is 7.29. The highest BCUT2D eigenvalue weighted by Gasteiger charge is 2.08. The van der Waals surface area contributed by atoms with E-state index < -0.39 is 0 Å². The highest BCUT2D eigenvalue weighted by molar-refractivity contribution is 9.11. The van der Waals surface area contributed by atoms with E-state index in [1.165, 1.54) is 4.88 Å². The first kappa shape index (κ1) is 14.9. The third kappa shape index (κ3) is 4.21. The summed E-state index contributed by atoms with van der Waals surface area (Å²) in [5.74, 6) is 0.845. The van der Waals surface area contributed by atoms with Gasteiger partial charge in [-0.1, -0.05) is 24.6 Å². The molecular weight excluding hydrogens is 346 g/mol. The Morgan fingerprint density at radius 3 is 2.84 bits per heavy atom. The minimum Gasteiger partial charge on any atom is -0.488 e. The number of ether oxygens (including phenoxy) is 1. The monoisotopic (exact) mass is 359 g/mol. The fraction of sp³-hybridized carbons (Fsp3) is 0.286. The number of nitrogens with one attached hydrogen (secondary N) is 1. The number of hydrogen-bond acceptors (Lipinski definition) is 3. The van der Waals surface area contributed by atoms with Crippen molar-refractivity contribution >= 4 is 38.9 Å². The van der Waals surface area contributed by atoms with E-state index in [4.69, 9.17) is 16.3 Å². The van der Waals surface area contributed by atoms with Crippen molar-refractivity contribution in [2.75, 3.05) is 6.54 Å². The minimum absolute atomic E-state index is 0.565. The maximum atomic E-state index is 6.23. The standard InChI is InChI=1S/C14H15BrClNOS/c1-2-17-8-11-12(16)4-3-5-13(11)18-9-10-6-7-14(15)19-10/h3-7,17H,2,8-9H2,1H3. The van der Waals surface area contributed by atoms with Gasteiger partial charge in [0.15, 0.2) is 0 Å². The Kier molecular flexibility index (Phi) is 5.70. The molecule has 1 aromatic heterocycles. The highest BCUT2D eigenvalue weighted by atomic mass is 79.9. The lowest BCUT2D eigenvalue weighted by Crippen LogP contribution is -2.13. The zero-order chi connectivity index (χ0) is 13.7. The Morgan fingerprint density at radius 2 is 2.16 bits per heavy atom. The highest BCUT2D eigenvalue weighted by Crippen LogP contribution is 2.28. The summed E-state index contributed by atoms with van der Waals surface area (Å²) in [6, 6.07) is 9.85. The van der Waals surface area contributed by atoms with Crippen LogP contribution in [0.5, 0.6) is 5.75 Å². The van der Waals surface area contributed by atoms with Gasteiger partial charge in [-0.15, -0.1) is 11.3 Å². The smallest absolute Gasteiger partial charge is 0.125 e. The molecule has 1 N–H and O–H groups in total. The molecule has 102 valence electrons. The van der Waals surface area contributed by atoms with E-state index in [0.717, 1.165) is 33.2 Å². The summed E-state index contributed by atoms with van der Waals surface area (Å²) in [6.45, 7) is 4.26. The molecule has 0 bridgehead atoms. The van der Waals surface area contributed by atoms with Gasteiger partial charge in [0, 0.05) is 22.0 Å². The Balaban J connectivity index is 2.08. The molecule has 1 aromatic carbocycles. The molecule has 0 saturated carbocycles. The summed E-state index contributed by atoms with van der Waals surface area (Å²) in [6.07, 6.45) is 0. The largest absolute Gasteiger partial charge is 0.488 e. The Morgan fingerprint density at radius 1 is 1.32 bits per heavy atom. The molecular formula is C14H15BrClNOS. The third-order valence-corrected chi connectivity index (χ3v) is 4.58. The fourth-order valence-corrected chi connectivity index (χ4v) is 3.30. The van der Waals surface area contributed by atoms with Crippen molar-refractivity contribution in [3.8, 4) is 5.75 Å². The maximum absolute atomic E-state index is 6.23. The molecule has 0 amide bonds. The minimum atomic E-state index is 0.565. The van der Waals surface area contributed by atoms with E-state index in [2.05, 4.69) is 34.2 Å². The number of rotatable bonds is 6. The van der Waals surface area contributed by atoms with Crippen molar-refractivity contribution in [1.82, 2.24) is 5.32 Å². The van der Waals surface area contributed by atoms with Crippen LogP contribution in [-0.2, 0) is 13.2 Å². The molecule has 0 spiro atoms. The van der Waals surface area contributed by atoms with Gasteiger partial charge in [0.05, 0.1) is 3.79 Å². The van der Waals surface area contributed by atoms with Crippen LogP contribution in [0.4, 0.5) is 0 Å². The van der Waals surface area contributed by atoms with Crippen molar-refractivity contribution in [3.05, 3.63) is 49.6 Å². The van der Waals surface area contributed by atoms with Gasteiger partial charge in [-0.25, -0.2) is 0 Å². The van der Waals surface area contributed by atoms with Gasteiger partial charge in [-0.3, -0.25) is 0 Å². The van der Waals surface area contributed by atoms with Crippen LogP contribution in [0.2, 0.25) is 5.02 Å². The van der Waals surface area contributed by atoms with Crippen LogP contribution in [0.3, 0.4) is 0 Å². The van der Waals surface area contributed by atoms with Gasteiger partial charge in [0.25, 0.3) is 0 Å². The number of hydrogen-bond donors (Lipinski definition) is 1. The van der Waals surface area contributed by atoms with Crippen molar-refractivity contribution < 1.29 is 4.74 Å². The second-order valence-corrected chi connectivity index (χ2v) is 6.95. The Labute approximate surface area is 130 Å². The zero-order valence-corrected chi connectivity index (χ0v) is 13.7. The predicted molar refractivity (Wildman–Crippen MR) is 85.2 cm³/mol. The molecule has 0 aliphatic heterocycles. The molecule has 2 nitrogen and oxygen atoms in total. The molecule has 0 radical (unpaired) electrons. The van der Waals surface area contributed by atoms with Gasteiger partial charge >= 0.3 is 0 Å². The van der Waals surface area contributed by atoms with Crippen LogP contribution in [-0.4, -0.2) is 6.54 Å².